The summed E-state index contributed by atoms with van der Waals surface area (Å²) in [4.78, 5) is 2.86. The number of rotatable bonds is 3. The molecular formula is C18H26N2S. The van der Waals surface area contributed by atoms with E-state index in [1.807, 2.05) is 0 Å². The number of hydrogen-bond donors (Lipinski definition) is 1. The normalized spacial score (nSPS) is 32.2. The van der Waals surface area contributed by atoms with Crippen LogP contribution in [-0.4, -0.2) is 41.6 Å². The van der Waals surface area contributed by atoms with Gasteiger partial charge in [0.15, 0.2) is 0 Å². The van der Waals surface area contributed by atoms with Crippen LogP contribution in [0.5, 0.6) is 0 Å². The van der Waals surface area contributed by atoms with Crippen LogP contribution in [0.15, 0.2) is 30.3 Å². The van der Waals surface area contributed by atoms with E-state index >= 15 is 0 Å². The fourth-order valence-electron chi connectivity index (χ4n) is 4.02. The van der Waals surface area contributed by atoms with Crippen LogP contribution in [0.2, 0.25) is 0 Å². The number of hydrogen-bond acceptors (Lipinski definition) is 3. The highest BCUT2D eigenvalue weighted by Gasteiger charge is 2.40. The fourth-order valence-corrected chi connectivity index (χ4v) is 5.10. The van der Waals surface area contributed by atoms with Gasteiger partial charge in [0.25, 0.3) is 0 Å². The van der Waals surface area contributed by atoms with Gasteiger partial charge in [-0.15, -0.1) is 0 Å². The minimum Gasteiger partial charge on any atom is -0.311 e. The maximum atomic E-state index is 3.85. The lowest BCUT2D eigenvalue weighted by atomic mass is 9.95. The first-order valence-corrected chi connectivity index (χ1v) is 9.69. The molecule has 0 spiro atoms. The highest BCUT2D eigenvalue weighted by molar-refractivity contribution is 7.99. The Labute approximate surface area is 132 Å². The molecule has 2 aliphatic heterocycles. The van der Waals surface area contributed by atoms with Crippen molar-refractivity contribution in [1.82, 2.24) is 10.2 Å². The first-order chi connectivity index (χ1) is 10.4. The average molecular weight is 302 g/mol. The van der Waals surface area contributed by atoms with Crippen LogP contribution in [0, 0.1) is 5.92 Å². The monoisotopic (exact) mass is 302 g/mol. The lowest BCUT2D eigenvalue weighted by Gasteiger charge is -2.46. The first kappa shape index (κ1) is 14.1. The van der Waals surface area contributed by atoms with E-state index < -0.39 is 0 Å². The summed E-state index contributed by atoms with van der Waals surface area (Å²) >= 11 is 2.14. The molecule has 1 N–H and O–H groups in total. The molecule has 3 heteroatoms. The Balaban J connectivity index is 1.55. The molecule has 2 atom stereocenters. The van der Waals surface area contributed by atoms with Crippen LogP contribution in [0.25, 0.3) is 0 Å². The zero-order valence-electron chi connectivity index (χ0n) is 12.7. The summed E-state index contributed by atoms with van der Waals surface area (Å²) in [5, 5.41) is 3.85. The Morgan fingerprint density at radius 3 is 2.48 bits per heavy atom. The molecule has 4 rings (SSSR count). The summed E-state index contributed by atoms with van der Waals surface area (Å²) in [5.41, 5.74) is 1.50. The molecule has 3 aliphatic rings. The van der Waals surface area contributed by atoms with Gasteiger partial charge in [-0.25, -0.2) is 0 Å². The molecule has 2 unspecified atom stereocenters. The van der Waals surface area contributed by atoms with E-state index in [1.165, 1.54) is 49.3 Å². The second kappa shape index (κ2) is 6.31. The maximum absolute atomic E-state index is 3.85. The zero-order chi connectivity index (χ0) is 14.1. The largest absolute Gasteiger partial charge is 0.311 e. The highest BCUT2D eigenvalue weighted by atomic mass is 32.2. The van der Waals surface area contributed by atoms with Crippen LogP contribution in [0.3, 0.4) is 0 Å². The van der Waals surface area contributed by atoms with Gasteiger partial charge in [0, 0.05) is 31.2 Å². The summed E-state index contributed by atoms with van der Waals surface area (Å²) in [7, 11) is 0. The smallest absolute Gasteiger partial charge is 0.0476 e. The summed E-state index contributed by atoms with van der Waals surface area (Å²) in [6.07, 6.45) is 5.65. The van der Waals surface area contributed by atoms with Gasteiger partial charge in [0.1, 0.15) is 0 Å². The van der Waals surface area contributed by atoms with Gasteiger partial charge in [0.2, 0.25) is 0 Å². The number of nitrogens with one attached hydrogen (secondary N) is 1. The Bertz CT molecular complexity index is 454. The topological polar surface area (TPSA) is 15.3 Å². The van der Waals surface area contributed by atoms with Gasteiger partial charge in [-0.3, -0.25) is 4.90 Å². The van der Waals surface area contributed by atoms with E-state index in [0.717, 1.165) is 24.5 Å². The van der Waals surface area contributed by atoms with Gasteiger partial charge < -0.3 is 5.32 Å². The van der Waals surface area contributed by atoms with Crippen LogP contribution in [0.1, 0.15) is 37.3 Å². The maximum Gasteiger partial charge on any atom is 0.0476 e. The van der Waals surface area contributed by atoms with Gasteiger partial charge >= 0.3 is 0 Å². The summed E-state index contributed by atoms with van der Waals surface area (Å²) in [5.74, 6) is 3.66. The molecule has 1 aliphatic carbocycles. The molecule has 2 saturated heterocycles. The summed E-state index contributed by atoms with van der Waals surface area (Å²) in [6, 6.07) is 13.3. The van der Waals surface area contributed by atoms with Crippen molar-refractivity contribution in [3.05, 3.63) is 35.9 Å². The second-order valence-corrected chi connectivity index (χ2v) is 8.04. The lowest BCUT2D eigenvalue weighted by molar-refractivity contribution is 0.0705. The molecule has 1 aromatic carbocycles. The predicted molar refractivity (Wildman–Crippen MR) is 90.8 cm³/mol. The number of benzene rings is 1. The van der Waals surface area contributed by atoms with Crippen molar-refractivity contribution in [3.63, 3.8) is 0 Å². The Hall–Kier alpha value is -0.510. The molecule has 3 fully saturated rings. The minimum absolute atomic E-state index is 0.578. The fraction of sp³-hybridized carbons (Fsp3) is 0.667. The quantitative estimate of drug-likeness (QED) is 0.922. The van der Waals surface area contributed by atoms with Crippen LogP contribution >= 0.6 is 11.8 Å². The molecule has 114 valence electrons. The third-order valence-corrected chi connectivity index (χ3v) is 6.47. The third kappa shape index (κ3) is 3.15. The average Bonchev–Trinajstić information content (AvgIpc) is 3.41. The minimum atomic E-state index is 0.578. The van der Waals surface area contributed by atoms with Gasteiger partial charge in [-0.2, -0.15) is 11.8 Å². The molecule has 0 amide bonds. The molecule has 1 aromatic rings. The third-order valence-electron chi connectivity index (χ3n) is 5.42. The Morgan fingerprint density at radius 1 is 1.00 bits per heavy atom. The van der Waals surface area contributed by atoms with Crippen molar-refractivity contribution < 1.29 is 0 Å². The number of nitrogens with zero attached hydrogens (tertiary/aromatic N) is 1. The lowest BCUT2D eigenvalue weighted by Crippen LogP contribution is -2.56. The molecule has 0 aromatic heterocycles. The summed E-state index contributed by atoms with van der Waals surface area (Å²) < 4.78 is 0. The van der Waals surface area contributed by atoms with E-state index in [2.05, 4.69) is 52.3 Å². The van der Waals surface area contributed by atoms with Crippen molar-refractivity contribution >= 4 is 11.8 Å². The molecule has 0 bridgehead atoms. The summed E-state index contributed by atoms with van der Waals surface area (Å²) in [6.45, 7) is 2.40. The van der Waals surface area contributed by atoms with Crippen LogP contribution < -0.4 is 5.32 Å². The van der Waals surface area contributed by atoms with E-state index in [-0.39, 0.29) is 0 Å². The van der Waals surface area contributed by atoms with Gasteiger partial charge in [0.05, 0.1) is 0 Å². The van der Waals surface area contributed by atoms with Crippen molar-refractivity contribution in [1.29, 1.82) is 0 Å². The van der Waals surface area contributed by atoms with Crippen LogP contribution in [0.4, 0.5) is 0 Å². The van der Waals surface area contributed by atoms with Crippen molar-refractivity contribution in [3.8, 4) is 0 Å². The van der Waals surface area contributed by atoms with Crippen molar-refractivity contribution in [2.75, 3.05) is 24.6 Å². The molecule has 2 heterocycles. The SMILES string of the molecule is c1ccc(C2CNC(C3CC3)CN2C2CCSCC2)cc1. The Kier molecular flexibility index (Phi) is 4.24. The Morgan fingerprint density at radius 2 is 1.76 bits per heavy atom. The van der Waals surface area contributed by atoms with E-state index in [1.54, 1.807) is 0 Å². The van der Waals surface area contributed by atoms with Gasteiger partial charge in [-0.05, 0) is 48.7 Å². The molecule has 0 radical (unpaired) electrons. The standard InChI is InChI=1S/C18H26N2S/c1-2-4-15(5-3-1)18-12-19-17(14-6-7-14)13-20(18)16-8-10-21-11-9-16/h1-5,14,16-19H,6-13H2. The highest BCUT2D eigenvalue weighted by Crippen LogP contribution is 2.38. The molecule has 2 nitrogen and oxygen atoms in total. The predicted octanol–water partition coefficient (Wildman–Crippen LogP) is 3.31. The van der Waals surface area contributed by atoms with Crippen molar-refractivity contribution in [2.24, 2.45) is 5.92 Å². The van der Waals surface area contributed by atoms with Crippen LogP contribution in [-0.2, 0) is 0 Å². The number of thioether (sulfide) groups is 1. The zero-order valence-corrected chi connectivity index (χ0v) is 13.5. The van der Waals surface area contributed by atoms with E-state index in [4.69, 9.17) is 0 Å². The molecule has 21 heavy (non-hydrogen) atoms. The van der Waals surface area contributed by atoms with E-state index in [9.17, 15) is 0 Å². The first-order valence-electron chi connectivity index (χ1n) is 8.53. The molecule has 1 saturated carbocycles. The van der Waals surface area contributed by atoms with E-state index in [0.29, 0.717) is 6.04 Å². The molecular weight excluding hydrogens is 276 g/mol. The van der Waals surface area contributed by atoms with Crippen molar-refractivity contribution in [2.45, 2.75) is 43.8 Å². The second-order valence-electron chi connectivity index (χ2n) is 6.82. The van der Waals surface area contributed by atoms with Gasteiger partial charge in [-0.1, -0.05) is 30.3 Å². The number of piperazine rings is 1.